The maximum Gasteiger partial charge on any atom is 0.458 e. The minimum atomic E-state index is -5.46. The van der Waals surface area contributed by atoms with E-state index in [1.165, 1.54) is 30.0 Å². The Balaban J connectivity index is 2.95. The van der Waals surface area contributed by atoms with Gasteiger partial charge in [-0.3, -0.25) is 4.79 Å². The molecule has 0 aliphatic heterocycles. The van der Waals surface area contributed by atoms with Gasteiger partial charge in [0.05, 0.1) is 0 Å². The number of thioether (sulfide) groups is 1. The van der Waals surface area contributed by atoms with Gasteiger partial charge >= 0.3 is 12.0 Å². The van der Waals surface area contributed by atoms with Crippen molar-refractivity contribution in [1.29, 1.82) is 0 Å². The van der Waals surface area contributed by atoms with Crippen LogP contribution in [0.4, 0.5) is 23.2 Å². The highest BCUT2D eigenvalue weighted by atomic mass is 32.2. The third kappa shape index (κ3) is 3.38. The first-order valence-corrected chi connectivity index (χ1v) is 6.23. The zero-order chi connectivity index (χ0) is 14.7. The first kappa shape index (κ1) is 15.8. The summed E-state index contributed by atoms with van der Waals surface area (Å²) in [7, 11) is 0.478. The number of rotatable bonds is 4. The molecular formula is C11H11F4NO2S. The first-order chi connectivity index (χ1) is 8.74. The lowest BCUT2D eigenvalue weighted by molar-refractivity contribution is -0.305. The zero-order valence-corrected chi connectivity index (χ0v) is 10.9. The van der Waals surface area contributed by atoms with Crippen molar-refractivity contribution in [2.45, 2.75) is 16.9 Å². The van der Waals surface area contributed by atoms with Crippen LogP contribution < -0.4 is 5.32 Å². The second-order valence-electron chi connectivity index (χ2n) is 3.48. The number of nitrogens with one attached hydrogen (secondary N) is 1. The number of benzene rings is 1. The van der Waals surface area contributed by atoms with E-state index in [9.17, 15) is 22.4 Å². The highest BCUT2D eigenvalue weighted by Gasteiger charge is 2.63. The Morgan fingerprint density at radius 3 is 2.42 bits per heavy atom. The summed E-state index contributed by atoms with van der Waals surface area (Å²) < 4.78 is 54.5. The van der Waals surface area contributed by atoms with E-state index in [1.54, 1.807) is 12.3 Å². The number of anilines is 1. The van der Waals surface area contributed by atoms with Gasteiger partial charge < -0.3 is 10.1 Å². The molecule has 19 heavy (non-hydrogen) atoms. The van der Waals surface area contributed by atoms with Gasteiger partial charge in [-0.25, -0.2) is 0 Å². The van der Waals surface area contributed by atoms with Gasteiger partial charge in [-0.2, -0.15) is 17.6 Å². The standard InChI is InChI=1S/C11H11F4NO2S/c1-18-10(12,11(13,14)15)9(17)16-7-4-3-5-8(6-7)19-2/h3-6H,1-2H3,(H,16,17). The van der Waals surface area contributed by atoms with Crippen LogP contribution in [0.25, 0.3) is 0 Å². The molecule has 0 fully saturated rings. The number of carbonyl (C=O) groups excluding carboxylic acids is 1. The number of carbonyl (C=O) groups is 1. The number of methoxy groups -OCH3 is 1. The second-order valence-corrected chi connectivity index (χ2v) is 4.36. The van der Waals surface area contributed by atoms with E-state index in [-0.39, 0.29) is 5.69 Å². The molecule has 1 N–H and O–H groups in total. The molecule has 1 atom stereocenters. The van der Waals surface area contributed by atoms with Crippen molar-refractivity contribution in [3.05, 3.63) is 24.3 Å². The molecule has 1 unspecified atom stereocenters. The molecule has 0 heterocycles. The molecule has 0 aromatic heterocycles. The molecule has 1 aromatic carbocycles. The summed E-state index contributed by atoms with van der Waals surface area (Å²) in [6, 6.07) is 6.00. The Kier molecular flexibility index (Phi) is 4.81. The van der Waals surface area contributed by atoms with E-state index < -0.39 is 17.9 Å². The molecule has 8 heteroatoms. The Morgan fingerprint density at radius 1 is 1.32 bits per heavy atom. The van der Waals surface area contributed by atoms with Crippen molar-refractivity contribution in [3.63, 3.8) is 0 Å². The zero-order valence-electron chi connectivity index (χ0n) is 10.0. The van der Waals surface area contributed by atoms with Crippen LogP contribution >= 0.6 is 11.8 Å². The summed E-state index contributed by atoms with van der Waals surface area (Å²) in [4.78, 5) is 12.1. The van der Waals surface area contributed by atoms with Crippen LogP contribution in [0.15, 0.2) is 29.2 Å². The van der Waals surface area contributed by atoms with Crippen LogP contribution in [0, 0.1) is 0 Å². The predicted molar refractivity (Wildman–Crippen MR) is 63.8 cm³/mol. The summed E-state index contributed by atoms with van der Waals surface area (Å²) in [5.41, 5.74) is 0.0557. The van der Waals surface area contributed by atoms with Crippen LogP contribution in [0.1, 0.15) is 0 Å². The van der Waals surface area contributed by atoms with Crippen molar-refractivity contribution < 1.29 is 27.1 Å². The van der Waals surface area contributed by atoms with Gasteiger partial charge in [0.2, 0.25) is 0 Å². The molecule has 0 radical (unpaired) electrons. The van der Waals surface area contributed by atoms with E-state index >= 15 is 0 Å². The van der Waals surface area contributed by atoms with Gasteiger partial charge in [-0.1, -0.05) is 6.07 Å². The Labute approximate surface area is 111 Å². The molecule has 1 rings (SSSR count). The smallest absolute Gasteiger partial charge is 0.335 e. The van der Waals surface area contributed by atoms with E-state index in [1.807, 2.05) is 5.32 Å². The minimum absolute atomic E-state index is 0.0557. The fraction of sp³-hybridized carbons (Fsp3) is 0.364. The molecular weight excluding hydrogens is 286 g/mol. The Bertz CT molecular complexity index is 466. The number of hydrogen-bond donors (Lipinski definition) is 1. The molecule has 0 aliphatic rings. The van der Waals surface area contributed by atoms with E-state index in [0.717, 1.165) is 0 Å². The van der Waals surface area contributed by atoms with Crippen LogP contribution in [-0.4, -0.2) is 31.3 Å². The maximum atomic E-state index is 13.5. The molecule has 106 valence electrons. The second kappa shape index (κ2) is 5.79. The molecule has 1 amide bonds. The Morgan fingerprint density at radius 2 is 1.95 bits per heavy atom. The quantitative estimate of drug-likeness (QED) is 0.685. The first-order valence-electron chi connectivity index (χ1n) is 5.01. The monoisotopic (exact) mass is 297 g/mol. The number of halogens is 4. The van der Waals surface area contributed by atoms with Crippen molar-refractivity contribution in [2.24, 2.45) is 0 Å². The average molecular weight is 297 g/mol. The predicted octanol–water partition coefficient (Wildman–Crippen LogP) is 3.22. The third-order valence-corrected chi connectivity index (χ3v) is 2.99. The highest BCUT2D eigenvalue weighted by Crippen LogP contribution is 2.35. The van der Waals surface area contributed by atoms with Gasteiger partial charge in [0.25, 0.3) is 5.91 Å². The molecule has 0 saturated carbocycles. The van der Waals surface area contributed by atoms with E-state index in [2.05, 4.69) is 4.74 Å². The lowest BCUT2D eigenvalue weighted by atomic mass is 10.2. The number of ether oxygens (including phenoxy) is 1. The van der Waals surface area contributed by atoms with Crippen LogP contribution in [-0.2, 0) is 9.53 Å². The SMILES string of the molecule is COC(F)(C(=O)Nc1cccc(SC)c1)C(F)(F)F. The van der Waals surface area contributed by atoms with Crippen LogP contribution in [0.3, 0.4) is 0 Å². The summed E-state index contributed by atoms with van der Waals surface area (Å²) in [6.45, 7) is 0. The number of amides is 1. The molecule has 0 saturated heterocycles. The summed E-state index contributed by atoms with van der Waals surface area (Å²) in [5.74, 6) is -6.29. The highest BCUT2D eigenvalue weighted by molar-refractivity contribution is 7.98. The third-order valence-electron chi connectivity index (χ3n) is 2.27. The van der Waals surface area contributed by atoms with Crippen molar-refractivity contribution in [1.82, 2.24) is 0 Å². The fourth-order valence-corrected chi connectivity index (χ4v) is 1.71. The number of alkyl halides is 4. The van der Waals surface area contributed by atoms with Gasteiger partial charge in [0, 0.05) is 17.7 Å². The summed E-state index contributed by atoms with van der Waals surface area (Å²) in [5, 5.41) is 1.84. The lowest BCUT2D eigenvalue weighted by Gasteiger charge is -2.24. The van der Waals surface area contributed by atoms with Crippen LogP contribution in [0.5, 0.6) is 0 Å². The largest absolute Gasteiger partial charge is 0.458 e. The van der Waals surface area contributed by atoms with Gasteiger partial charge in [-0.15, -0.1) is 11.8 Å². The Hall–Kier alpha value is -1.28. The molecule has 1 aromatic rings. The van der Waals surface area contributed by atoms with Crippen LogP contribution in [0.2, 0.25) is 0 Å². The van der Waals surface area contributed by atoms with Gasteiger partial charge in [0.15, 0.2) is 0 Å². The van der Waals surface area contributed by atoms with E-state index in [4.69, 9.17) is 0 Å². The lowest BCUT2D eigenvalue weighted by Crippen LogP contribution is -2.52. The molecule has 0 spiro atoms. The normalized spacial score (nSPS) is 14.8. The van der Waals surface area contributed by atoms with Crippen molar-refractivity contribution >= 4 is 23.4 Å². The molecule has 0 bridgehead atoms. The summed E-state index contributed by atoms with van der Waals surface area (Å²) >= 11 is 1.33. The molecule has 3 nitrogen and oxygen atoms in total. The fourth-order valence-electron chi connectivity index (χ4n) is 1.25. The van der Waals surface area contributed by atoms with Gasteiger partial charge in [-0.05, 0) is 24.5 Å². The number of hydrogen-bond acceptors (Lipinski definition) is 3. The van der Waals surface area contributed by atoms with Crippen molar-refractivity contribution in [3.8, 4) is 0 Å². The maximum absolute atomic E-state index is 13.5. The van der Waals surface area contributed by atoms with Crippen molar-refractivity contribution in [2.75, 3.05) is 18.7 Å². The average Bonchev–Trinajstić information content (AvgIpc) is 2.36. The summed E-state index contributed by atoms with van der Waals surface area (Å²) in [6.07, 6.45) is -3.70. The van der Waals surface area contributed by atoms with E-state index in [0.29, 0.717) is 12.0 Å². The topological polar surface area (TPSA) is 38.3 Å². The molecule has 0 aliphatic carbocycles. The minimum Gasteiger partial charge on any atom is -0.335 e. The van der Waals surface area contributed by atoms with Gasteiger partial charge in [0.1, 0.15) is 0 Å².